The topological polar surface area (TPSA) is 76.0 Å². The third-order valence-electron chi connectivity index (χ3n) is 2.99. The second kappa shape index (κ2) is 6.76. The fourth-order valence-electron chi connectivity index (χ4n) is 1.92. The lowest BCUT2D eigenvalue weighted by Crippen LogP contribution is -2.15. The number of hydrogen-bond acceptors (Lipinski definition) is 4. The van der Waals surface area contributed by atoms with Crippen LogP contribution in [0, 0.1) is 0 Å². The van der Waals surface area contributed by atoms with E-state index in [1.807, 2.05) is 30.3 Å². The molecule has 0 spiro atoms. The molecule has 0 radical (unpaired) electrons. The van der Waals surface area contributed by atoms with Gasteiger partial charge in [0.15, 0.2) is 17.6 Å². The summed E-state index contributed by atoms with van der Waals surface area (Å²) in [4.78, 5) is 11.4. The van der Waals surface area contributed by atoms with Crippen molar-refractivity contribution in [1.29, 1.82) is 0 Å². The maximum atomic E-state index is 11.4. The number of carbonyl (C=O) groups is 1. The lowest BCUT2D eigenvalue weighted by molar-refractivity contribution is -0.151. The Balaban J connectivity index is 2.17. The molecule has 0 unspecified atom stereocenters. The van der Waals surface area contributed by atoms with E-state index in [0.29, 0.717) is 5.56 Å². The van der Waals surface area contributed by atoms with Crippen LogP contribution < -0.4 is 4.74 Å². The van der Waals surface area contributed by atoms with E-state index in [4.69, 9.17) is 9.47 Å². The molecule has 0 aromatic heterocycles. The highest BCUT2D eigenvalue weighted by Gasteiger charge is 2.22. The molecule has 21 heavy (non-hydrogen) atoms. The number of carboxylic acid groups (broad SMARTS) is 1. The number of hydrogen-bond donors (Lipinski definition) is 2. The van der Waals surface area contributed by atoms with E-state index in [9.17, 15) is 15.0 Å². The SMILES string of the molecule is COc1cc([C@@H](OCc2ccccc2)C(=O)O)ccc1O. The Hall–Kier alpha value is -2.53. The molecule has 5 nitrogen and oxygen atoms in total. The Morgan fingerprint density at radius 2 is 1.90 bits per heavy atom. The number of rotatable bonds is 6. The van der Waals surface area contributed by atoms with Crippen molar-refractivity contribution in [1.82, 2.24) is 0 Å². The van der Waals surface area contributed by atoms with Gasteiger partial charge in [0.05, 0.1) is 13.7 Å². The fraction of sp³-hybridized carbons (Fsp3) is 0.188. The predicted molar refractivity (Wildman–Crippen MR) is 76.3 cm³/mol. The van der Waals surface area contributed by atoms with Crippen LogP contribution in [0.15, 0.2) is 48.5 Å². The molecule has 0 aliphatic rings. The summed E-state index contributed by atoms with van der Waals surface area (Å²) in [5.74, 6) is -0.936. The highest BCUT2D eigenvalue weighted by atomic mass is 16.5. The molecule has 0 bridgehead atoms. The number of benzene rings is 2. The van der Waals surface area contributed by atoms with E-state index >= 15 is 0 Å². The summed E-state index contributed by atoms with van der Waals surface area (Å²) in [6.45, 7) is 0.182. The molecule has 2 aromatic carbocycles. The summed E-state index contributed by atoms with van der Waals surface area (Å²) >= 11 is 0. The van der Waals surface area contributed by atoms with Crippen LogP contribution in [-0.2, 0) is 16.1 Å². The lowest BCUT2D eigenvalue weighted by atomic mass is 10.1. The van der Waals surface area contributed by atoms with Gasteiger partial charge in [-0.3, -0.25) is 0 Å². The van der Waals surface area contributed by atoms with Crippen LogP contribution >= 0.6 is 0 Å². The van der Waals surface area contributed by atoms with E-state index < -0.39 is 12.1 Å². The third kappa shape index (κ3) is 3.73. The molecule has 1 atom stereocenters. The van der Waals surface area contributed by atoms with Crippen molar-refractivity contribution < 1.29 is 24.5 Å². The summed E-state index contributed by atoms with van der Waals surface area (Å²) < 4.78 is 10.5. The number of aliphatic carboxylic acids is 1. The zero-order chi connectivity index (χ0) is 15.2. The summed E-state index contributed by atoms with van der Waals surface area (Å²) in [7, 11) is 1.40. The normalized spacial score (nSPS) is 11.9. The summed E-state index contributed by atoms with van der Waals surface area (Å²) in [6.07, 6.45) is -1.13. The molecule has 0 aliphatic heterocycles. The van der Waals surface area contributed by atoms with Gasteiger partial charge in [-0.15, -0.1) is 0 Å². The van der Waals surface area contributed by atoms with Crippen LogP contribution in [0.1, 0.15) is 17.2 Å². The Morgan fingerprint density at radius 3 is 2.52 bits per heavy atom. The zero-order valence-electron chi connectivity index (χ0n) is 11.5. The van der Waals surface area contributed by atoms with Gasteiger partial charge in [-0.1, -0.05) is 36.4 Å². The average molecular weight is 288 g/mol. The van der Waals surface area contributed by atoms with Gasteiger partial charge in [-0.2, -0.15) is 0 Å². The van der Waals surface area contributed by atoms with Crippen LogP contribution in [-0.4, -0.2) is 23.3 Å². The van der Waals surface area contributed by atoms with Crippen molar-refractivity contribution in [2.45, 2.75) is 12.7 Å². The first kappa shape index (κ1) is 14.9. The second-order valence-corrected chi connectivity index (χ2v) is 4.45. The first-order valence-electron chi connectivity index (χ1n) is 6.37. The van der Waals surface area contributed by atoms with E-state index in [1.54, 1.807) is 0 Å². The highest BCUT2D eigenvalue weighted by Crippen LogP contribution is 2.30. The lowest BCUT2D eigenvalue weighted by Gasteiger charge is -2.15. The zero-order valence-corrected chi connectivity index (χ0v) is 11.5. The van der Waals surface area contributed by atoms with Crippen LogP contribution in [0.3, 0.4) is 0 Å². The first-order valence-corrected chi connectivity index (χ1v) is 6.37. The van der Waals surface area contributed by atoms with Gasteiger partial charge in [0.1, 0.15) is 0 Å². The van der Waals surface area contributed by atoms with Crippen LogP contribution in [0.25, 0.3) is 0 Å². The Morgan fingerprint density at radius 1 is 1.19 bits per heavy atom. The van der Waals surface area contributed by atoms with Crippen LogP contribution in [0.2, 0.25) is 0 Å². The van der Waals surface area contributed by atoms with E-state index in [2.05, 4.69) is 0 Å². The number of phenols is 1. The number of methoxy groups -OCH3 is 1. The standard InChI is InChI=1S/C16H16O5/c1-20-14-9-12(7-8-13(14)17)15(16(18)19)21-10-11-5-3-2-4-6-11/h2-9,15,17H,10H2,1H3,(H,18,19)/t15-/m1/s1. The van der Waals surface area contributed by atoms with Gasteiger partial charge in [-0.05, 0) is 23.3 Å². The largest absolute Gasteiger partial charge is 0.504 e. The highest BCUT2D eigenvalue weighted by molar-refractivity contribution is 5.74. The monoisotopic (exact) mass is 288 g/mol. The minimum atomic E-state index is -1.13. The van der Waals surface area contributed by atoms with Crippen molar-refractivity contribution >= 4 is 5.97 Å². The molecule has 0 heterocycles. The Kier molecular flexibility index (Phi) is 4.79. The first-order chi connectivity index (χ1) is 10.1. The number of ether oxygens (including phenoxy) is 2. The van der Waals surface area contributed by atoms with Gasteiger partial charge in [0, 0.05) is 0 Å². The minimum Gasteiger partial charge on any atom is -0.504 e. The molecule has 110 valence electrons. The molecule has 0 amide bonds. The van der Waals surface area contributed by atoms with E-state index in [1.165, 1.54) is 25.3 Å². The van der Waals surface area contributed by atoms with Gasteiger partial charge in [-0.25, -0.2) is 4.79 Å². The van der Waals surface area contributed by atoms with Crippen molar-refractivity contribution in [2.75, 3.05) is 7.11 Å². The van der Waals surface area contributed by atoms with Gasteiger partial charge < -0.3 is 19.7 Å². The molecule has 0 fully saturated rings. The third-order valence-corrected chi connectivity index (χ3v) is 2.99. The smallest absolute Gasteiger partial charge is 0.337 e. The van der Waals surface area contributed by atoms with Gasteiger partial charge in [0.2, 0.25) is 0 Å². The van der Waals surface area contributed by atoms with Crippen molar-refractivity contribution in [3.05, 3.63) is 59.7 Å². The summed E-state index contributed by atoms with van der Waals surface area (Å²) in [6, 6.07) is 13.7. The fourth-order valence-corrected chi connectivity index (χ4v) is 1.92. The predicted octanol–water partition coefficient (Wildman–Crippen LogP) is 2.74. The molecule has 0 saturated heterocycles. The molecular formula is C16H16O5. The van der Waals surface area contributed by atoms with Crippen molar-refractivity contribution in [3.63, 3.8) is 0 Å². The van der Waals surface area contributed by atoms with E-state index in [-0.39, 0.29) is 18.1 Å². The number of carboxylic acids is 1. The van der Waals surface area contributed by atoms with Crippen molar-refractivity contribution in [2.24, 2.45) is 0 Å². The quantitative estimate of drug-likeness (QED) is 0.854. The average Bonchev–Trinajstić information content (AvgIpc) is 2.49. The molecule has 0 saturated carbocycles. The molecule has 5 heteroatoms. The maximum absolute atomic E-state index is 11.4. The summed E-state index contributed by atoms with van der Waals surface area (Å²) in [5.41, 5.74) is 1.29. The Labute approximate surface area is 122 Å². The van der Waals surface area contributed by atoms with Crippen LogP contribution in [0.5, 0.6) is 11.5 Å². The van der Waals surface area contributed by atoms with Gasteiger partial charge in [0.25, 0.3) is 0 Å². The maximum Gasteiger partial charge on any atom is 0.337 e. The van der Waals surface area contributed by atoms with E-state index in [0.717, 1.165) is 5.56 Å². The molecule has 0 aliphatic carbocycles. The summed E-state index contributed by atoms with van der Waals surface area (Å²) in [5, 5.41) is 18.9. The van der Waals surface area contributed by atoms with Crippen LogP contribution in [0.4, 0.5) is 0 Å². The molecule has 2 aromatic rings. The molecular weight excluding hydrogens is 272 g/mol. The minimum absolute atomic E-state index is 0.0477. The van der Waals surface area contributed by atoms with Gasteiger partial charge >= 0.3 is 5.97 Å². The molecule has 2 N–H and O–H groups in total. The Bertz CT molecular complexity index is 609. The number of phenolic OH excluding ortho intramolecular Hbond substituents is 1. The molecule has 2 rings (SSSR count). The number of aromatic hydroxyl groups is 1. The second-order valence-electron chi connectivity index (χ2n) is 4.45. The van der Waals surface area contributed by atoms with Crippen molar-refractivity contribution in [3.8, 4) is 11.5 Å².